The van der Waals surface area contributed by atoms with Crippen LogP contribution in [0.15, 0.2) is 59.5 Å². The average Bonchev–Trinajstić information content (AvgIpc) is 2.83. The van der Waals surface area contributed by atoms with Gasteiger partial charge in [-0.1, -0.05) is 67.1 Å². The van der Waals surface area contributed by atoms with E-state index in [1.165, 1.54) is 5.56 Å². The van der Waals surface area contributed by atoms with E-state index in [2.05, 4.69) is 24.4 Å². The lowest BCUT2D eigenvalue weighted by atomic mass is 9.83. The van der Waals surface area contributed by atoms with Crippen LogP contribution in [0.2, 0.25) is 5.02 Å². The molecule has 4 nitrogen and oxygen atoms in total. The van der Waals surface area contributed by atoms with Crippen LogP contribution < -0.4 is 5.32 Å². The third kappa shape index (κ3) is 5.64. The Balaban J connectivity index is 1.40. The van der Waals surface area contributed by atoms with Crippen LogP contribution >= 0.6 is 23.4 Å². The van der Waals surface area contributed by atoms with Crippen molar-refractivity contribution in [1.82, 2.24) is 10.2 Å². The zero-order valence-corrected chi connectivity index (χ0v) is 20.7. The average molecular weight is 483 g/mol. The summed E-state index contributed by atoms with van der Waals surface area (Å²) >= 11 is 7.94. The van der Waals surface area contributed by atoms with Gasteiger partial charge < -0.3 is 10.2 Å². The summed E-state index contributed by atoms with van der Waals surface area (Å²) in [5, 5.41) is 4.22. The highest BCUT2D eigenvalue weighted by Gasteiger charge is 2.43. The monoisotopic (exact) mass is 482 g/mol. The summed E-state index contributed by atoms with van der Waals surface area (Å²) in [6, 6.07) is 18.1. The van der Waals surface area contributed by atoms with E-state index < -0.39 is 0 Å². The third-order valence-electron chi connectivity index (χ3n) is 6.79. The summed E-state index contributed by atoms with van der Waals surface area (Å²) < 4.78 is 0. The molecule has 4 atom stereocenters. The van der Waals surface area contributed by atoms with Gasteiger partial charge in [-0.25, -0.2) is 0 Å². The first-order valence-corrected chi connectivity index (χ1v) is 13.0. The predicted octanol–water partition coefficient (Wildman–Crippen LogP) is 5.56. The number of fused-ring (bicyclic) bond motifs is 1. The van der Waals surface area contributed by atoms with Gasteiger partial charge in [0.15, 0.2) is 0 Å². The van der Waals surface area contributed by atoms with Crippen LogP contribution in [0, 0.1) is 5.92 Å². The zero-order chi connectivity index (χ0) is 23.4. The van der Waals surface area contributed by atoms with Gasteiger partial charge in [-0.15, -0.1) is 11.8 Å². The lowest BCUT2D eigenvalue weighted by Crippen LogP contribution is -2.53. The number of likely N-dealkylation sites (N-methyl/N-ethyl adjacent to an activating group) is 1. The highest BCUT2D eigenvalue weighted by Crippen LogP contribution is 2.43. The predicted molar refractivity (Wildman–Crippen MR) is 137 cm³/mol. The molecular weight excluding hydrogens is 452 g/mol. The standard InChI is InChI=1S/C27H31ClN2O2S/c1-3-21(15-18-9-5-4-6-10-18)29-26(31)20-13-14-24-23(16-20)30(2)27(32)25(33-24)17-19-11-7-8-12-22(19)28/h4-12,17,20-21,23-24H,3,13-16H2,1-2H3,(H,29,31)/b25-17+. The van der Waals surface area contributed by atoms with Crippen LogP contribution in [-0.4, -0.2) is 41.1 Å². The van der Waals surface area contributed by atoms with Crippen LogP contribution in [0.1, 0.15) is 43.7 Å². The second-order valence-corrected chi connectivity index (χ2v) is 10.7. The molecule has 1 aliphatic carbocycles. The van der Waals surface area contributed by atoms with E-state index in [0.717, 1.165) is 36.2 Å². The Hall–Kier alpha value is -2.24. The van der Waals surface area contributed by atoms with Gasteiger partial charge in [-0.05, 0) is 55.4 Å². The van der Waals surface area contributed by atoms with Gasteiger partial charge in [0.2, 0.25) is 5.91 Å². The molecule has 1 heterocycles. The quantitative estimate of drug-likeness (QED) is 0.548. The van der Waals surface area contributed by atoms with Crippen molar-refractivity contribution in [3.05, 3.63) is 75.7 Å². The molecule has 1 saturated heterocycles. The van der Waals surface area contributed by atoms with Gasteiger partial charge in [0.05, 0.1) is 4.91 Å². The number of amides is 2. The van der Waals surface area contributed by atoms with Crippen molar-refractivity contribution < 1.29 is 9.59 Å². The summed E-state index contributed by atoms with van der Waals surface area (Å²) in [5.41, 5.74) is 2.10. The van der Waals surface area contributed by atoms with Crippen LogP contribution in [-0.2, 0) is 16.0 Å². The Morgan fingerprint density at radius 3 is 2.64 bits per heavy atom. The van der Waals surface area contributed by atoms with Crippen LogP contribution in [0.25, 0.3) is 6.08 Å². The van der Waals surface area contributed by atoms with E-state index in [1.54, 1.807) is 11.8 Å². The summed E-state index contributed by atoms with van der Waals surface area (Å²) in [7, 11) is 1.87. The minimum Gasteiger partial charge on any atom is -0.353 e. The fourth-order valence-corrected chi connectivity index (χ4v) is 6.45. The van der Waals surface area contributed by atoms with Gasteiger partial charge in [0.1, 0.15) is 0 Å². The molecule has 2 aromatic carbocycles. The molecule has 0 spiro atoms. The Labute approximate surface area is 205 Å². The smallest absolute Gasteiger partial charge is 0.260 e. The van der Waals surface area contributed by atoms with Crippen molar-refractivity contribution in [2.75, 3.05) is 7.05 Å². The molecule has 1 saturated carbocycles. The molecule has 33 heavy (non-hydrogen) atoms. The van der Waals surface area contributed by atoms with E-state index in [1.807, 2.05) is 60.5 Å². The van der Waals surface area contributed by atoms with Crippen molar-refractivity contribution in [3.8, 4) is 0 Å². The number of thioether (sulfide) groups is 1. The summed E-state index contributed by atoms with van der Waals surface area (Å²) in [6.45, 7) is 2.11. The van der Waals surface area contributed by atoms with Gasteiger partial charge in [-0.2, -0.15) is 0 Å². The Morgan fingerprint density at radius 2 is 1.91 bits per heavy atom. The van der Waals surface area contributed by atoms with Crippen LogP contribution in [0.5, 0.6) is 0 Å². The van der Waals surface area contributed by atoms with Crippen molar-refractivity contribution in [3.63, 3.8) is 0 Å². The maximum absolute atomic E-state index is 13.1. The molecule has 2 amide bonds. The lowest BCUT2D eigenvalue weighted by molar-refractivity contribution is -0.132. The number of carbonyl (C=O) groups is 2. The van der Waals surface area contributed by atoms with Gasteiger partial charge in [0.25, 0.3) is 5.91 Å². The highest BCUT2D eigenvalue weighted by atomic mass is 35.5. The first kappa shape index (κ1) is 23.9. The van der Waals surface area contributed by atoms with E-state index in [0.29, 0.717) is 16.7 Å². The Bertz CT molecular complexity index is 1030. The number of nitrogens with one attached hydrogen (secondary N) is 1. The molecule has 0 radical (unpaired) electrons. The van der Waals surface area contributed by atoms with Crippen LogP contribution in [0.3, 0.4) is 0 Å². The number of benzene rings is 2. The van der Waals surface area contributed by atoms with Gasteiger partial charge in [-0.3, -0.25) is 9.59 Å². The Kier molecular flexibility index (Phi) is 7.82. The molecule has 2 aromatic rings. The molecule has 2 aliphatic rings. The lowest BCUT2D eigenvalue weighted by Gasteiger charge is -2.44. The first-order valence-electron chi connectivity index (χ1n) is 11.7. The zero-order valence-electron chi connectivity index (χ0n) is 19.2. The van der Waals surface area contributed by atoms with Crippen molar-refractivity contribution in [2.45, 2.75) is 56.4 Å². The van der Waals surface area contributed by atoms with E-state index >= 15 is 0 Å². The van der Waals surface area contributed by atoms with Crippen molar-refractivity contribution in [1.29, 1.82) is 0 Å². The number of hydrogen-bond donors (Lipinski definition) is 1. The number of nitrogens with zero attached hydrogens (tertiary/aromatic N) is 1. The molecule has 0 aromatic heterocycles. The molecule has 4 rings (SSSR count). The molecular formula is C27H31ClN2O2S. The van der Waals surface area contributed by atoms with Crippen molar-refractivity contribution in [2.24, 2.45) is 5.92 Å². The third-order valence-corrected chi connectivity index (χ3v) is 8.53. The van der Waals surface area contributed by atoms with E-state index in [4.69, 9.17) is 11.6 Å². The first-order chi connectivity index (χ1) is 16.0. The number of hydrogen-bond acceptors (Lipinski definition) is 3. The molecule has 1 N–H and O–H groups in total. The topological polar surface area (TPSA) is 49.4 Å². The summed E-state index contributed by atoms with van der Waals surface area (Å²) in [5.74, 6) is 0.0817. The van der Waals surface area contributed by atoms with Crippen LogP contribution in [0.4, 0.5) is 0 Å². The number of rotatable bonds is 6. The fourth-order valence-electron chi connectivity index (χ4n) is 4.78. The number of carbonyl (C=O) groups excluding carboxylic acids is 2. The normalized spacial score (nSPS) is 24.9. The molecule has 2 fully saturated rings. The maximum atomic E-state index is 13.1. The van der Waals surface area contributed by atoms with E-state index in [9.17, 15) is 9.59 Å². The second kappa shape index (κ2) is 10.8. The van der Waals surface area contributed by atoms with Crippen molar-refractivity contribution >= 4 is 41.3 Å². The second-order valence-electron chi connectivity index (χ2n) is 8.98. The summed E-state index contributed by atoms with van der Waals surface area (Å²) in [6.07, 6.45) is 6.11. The molecule has 4 unspecified atom stereocenters. The minimum atomic E-state index is -0.0546. The van der Waals surface area contributed by atoms with E-state index in [-0.39, 0.29) is 29.8 Å². The molecule has 6 heteroatoms. The van der Waals surface area contributed by atoms with Gasteiger partial charge >= 0.3 is 0 Å². The largest absolute Gasteiger partial charge is 0.353 e. The number of halogens is 1. The Morgan fingerprint density at radius 1 is 1.18 bits per heavy atom. The van der Waals surface area contributed by atoms with Gasteiger partial charge in [0, 0.05) is 35.3 Å². The summed E-state index contributed by atoms with van der Waals surface area (Å²) in [4.78, 5) is 28.8. The maximum Gasteiger partial charge on any atom is 0.260 e. The molecule has 174 valence electrons. The molecule has 0 bridgehead atoms. The minimum absolute atomic E-state index is 0.0118. The fraction of sp³-hybridized carbons (Fsp3) is 0.407. The SMILES string of the molecule is CCC(Cc1ccccc1)NC(=O)C1CCC2S/C(=C/c3ccccc3Cl)C(=O)N(C)C2C1. The molecule has 1 aliphatic heterocycles. The highest BCUT2D eigenvalue weighted by molar-refractivity contribution is 8.04.